The molecule has 0 saturated carbocycles. The molecule has 0 N–H and O–H groups in total. The maximum atomic E-state index is 10.9. The zero-order valence-electron chi connectivity index (χ0n) is 9.52. The van der Waals surface area contributed by atoms with Gasteiger partial charge in [0.1, 0.15) is 5.52 Å². The number of nitrogens with zero attached hydrogens (tertiary/aromatic N) is 3. The van der Waals surface area contributed by atoms with Crippen LogP contribution in [0.25, 0.3) is 5.52 Å². The highest BCUT2D eigenvalue weighted by molar-refractivity contribution is 5.77. The van der Waals surface area contributed by atoms with Crippen LogP contribution in [0, 0.1) is 11.8 Å². The highest BCUT2D eigenvalue weighted by atomic mass is 16.5. The summed E-state index contributed by atoms with van der Waals surface area (Å²) in [6.45, 7) is 3.95. The average Bonchev–Trinajstić information content (AvgIpc) is 2.69. The summed E-state index contributed by atoms with van der Waals surface area (Å²) in [4.78, 5) is 10.9. The lowest BCUT2D eigenvalue weighted by atomic mass is 10.1. The fourth-order valence-corrected chi connectivity index (χ4v) is 1.81. The zero-order valence-corrected chi connectivity index (χ0v) is 9.52. The summed E-state index contributed by atoms with van der Waals surface area (Å²) in [6.07, 6.45) is 0.821. The van der Waals surface area contributed by atoms with Crippen molar-refractivity contribution >= 4 is 11.2 Å². The largest absolute Gasteiger partial charge is 0.478 e. The van der Waals surface area contributed by atoms with Gasteiger partial charge in [0.15, 0.2) is 5.69 Å². The number of fused-ring (bicyclic) bond motifs is 1. The molecule has 2 rings (SSSR count). The van der Waals surface area contributed by atoms with Gasteiger partial charge in [0, 0.05) is 5.69 Å². The number of aryl methyl sites for hydroxylation is 2. The van der Waals surface area contributed by atoms with E-state index in [-0.39, 0.29) is 11.6 Å². The number of nitroso groups, excluding NO2 is 1. The fourth-order valence-electron chi connectivity index (χ4n) is 1.81. The lowest BCUT2D eigenvalue weighted by Crippen LogP contribution is -1.96. The van der Waals surface area contributed by atoms with Crippen LogP contribution in [0.15, 0.2) is 17.3 Å². The van der Waals surface area contributed by atoms with Gasteiger partial charge >= 0.3 is 0 Å². The smallest absolute Gasteiger partial charge is 0.263 e. The Hall–Kier alpha value is -1.91. The van der Waals surface area contributed by atoms with Gasteiger partial charge < -0.3 is 4.74 Å². The maximum Gasteiger partial charge on any atom is 0.263 e. The molecule has 0 amide bonds. The van der Waals surface area contributed by atoms with Crippen LogP contribution in [0.1, 0.15) is 18.2 Å². The number of rotatable bonds is 3. The summed E-state index contributed by atoms with van der Waals surface area (Å²) in [5.74, 6) is 0.277. The van der Waals surface area contributed by atoms with Crippen molar-refractivity contribution in [2.24, 2.45) is 5.18 Å². The summed E-state index contributed by atoms with van der Waals surface area (Å²) in [6, 6.07) is 3.95. The van der Waals surface area contributed by atoms with Crippen molar-refractivity contribution in [2.45, 2.75) is 20.3 Å². The van der Waals surface area contributed by atoms with Crippen molar-refractivity contribution in [1.29, 1.82) is 0 Å². The van der Waals surface area contributed by atoms with E-state index in [1.54, 1.807) is 4.52 Å². The standard InChI is InChI=1S/C11H13N3O2/c1-4-8-6-5-7(2)14-10(8)9(13-15)11(12-14)16-3/h5-6H,4H2,1-3H3. The third kappa shape index (κ3) is 1.36. The third-order valence-corrected chi connectivity index (χ3v) is 2.66. The quantitative estimate of drug-likeness (QED) is 0.745. The fraction of sp³-hybridized carbons (Fsp3) is 0.364. The van der Waals surface area contributed by atoms with Crippen LogP contribution in [0.5, 0.6) is 5.88 Å². The van der Waals surface area contributed by atoms with Gasteiger partial charge in [-0.25, -0.2) is 4.52 Å². The normalized spacial score (nSPS) is 10.7. The topological polar surface area (TPSA) is 56.0 Å². The minimum absolute atomic E-state index is 0.277. The van der Waals surface area contributed by atoms with Crippen molar-refractivity contribution in [3.05, 3.63) is 28.3 Å². The van der Waals surface area contributed by atoms with Gasteiger partial charge in [0.05, 0.1) is 7.11 Å². The minimum Gasteiger partial charge on any atom is -0.478 e. The van der Waals surface area contributed by atoms with E-state index in [1.165, 1.54) is 7.11 Å². The van der Waals surface area contributed by atoms with Crippen molar-refractivity contribution in [1.82, 2.24) is 9.61 Å². The molecule has 2 heterocycles. The molecule has 0 saturated heterocycles. The molecule has 5 heteroatoms. The molecule has 0 atom stereocenters. The van der Waals surface area contributed by atoms with Gasteiger partial charge in [-0.05, 0) is 30.2 Å². The predicted octanol–water partition coefficient (Wildman–Crippen LogP) is 2.61. The number of hydrogen-bond donors (Lipinski definition) is 0. The molecule has 0 spiro atoms. The van der Waals surface area contributed by atoms with Crippen LogP contribution < -0.4 is 4.74 Å². The molecule has 0 bridgehead atoms. The van der Waals surface area contributed by atoms with Crippen LogP contribution in [-0.2, 0) is 6.42 Å². The summed E-state index contributed by atoms with van der Waals surface area (Å²) >= 11 is 0. The summed E-state index contributed by atoms with van der Waals surface area (Å²) in [7, 11) is 1.48. The molecule has 0 radical (unpaired) electrons. The second kappa shape index (κ2) is 3.92. The highest BCUT2D eigenvalue weighted by Crippen LogP contribution is 2.34. The zero-order chi connectivity index (χ0) is 11.7. The van der Waals surface area contributed by atoms with E-state index in [2.05, 4.69) is 10.3 Å². The summed E-state index contributed by atoms with van der Waals surface area (Å²) in [5, 5.41) is 7.23. The molecule has 84 valence electrons. The molecular weight excluding hydrogens is 206 g/mol. The molecule has 0 aliphatic rings. The second-order valence-corrected chi connectivity index (χ2v) is 3.56. The van der Waals surface area contributed by atoms with Crippen molar-refractivity contribution in [3.63, 3.8) is 0 Å². The molecule has 16 heavy (non-hydrogen) atoms. The lowest BCUT2D eigenvalue weighted by Gasteiger charge is -2.03. The first-order chi connectivity index (χ1) is 7.72. The third-order valence-electron chi connectivity index (χ3n) is 2.66. The Balaban J connectivity index is 2.90. The predicted molar refractivity (Wildman–Crippen MR) is 61.3 cm³/mol. The van der Waals surface area contributed by atoms with Gasteiger partial charge in [0.25, 0.3) is 5.88 Å². The van der Waals surface area contributed by atoms with Crippen molar-refractivity contribution in [3.8, 4) is 5.88 Å². The van der Waals surface area contributed by atoms with E-state index in [0.29, 0.717) is 0 Å². The van der Waals surface area contributed by atoms with Crippen LogP contribution in [0.3, 0.4) is 0 Å². The van der Waals surface area contributed by atoms with Crippen molar-refractivity contribution in [2.75, 3.05) is 7.11 Å². The molecule has 0 fully saturated rings. The lowest BCUT2D eigenvalue weighted by molar-refractivity contribution is 0.396. The van der Waals surface area contributed by atoms with E-state index in [9.17, 15) is 4.91 Å². The average molecular weight is 219 g/mol. The first-order valence-corrected chi connectivity index (χ1v) is 5.11. The van der Waals surface area contributed by atoms with Gasteiger partial charge in [-0.15, -0.1) is 10.0 Å². The SMILES string of the molecule is CCc1ccc(C)n2nc(OC)c(N=O)c12. The number of ether oxygens (including phenoxy) is 1. The van der Waals surface area contributed by atoms with E-state index in [1.807, 2.05) is 26.0 Å². The van der Waals surface area contributed by atoms with Gasteiger partial charge in [-0.1, -0.05) is 13.0 Å². The first-order valence-electron chi connectivity index (χ1n) is 5.11. The van der Waals surface area contributed by atoms with Gasteiger partial charge in [0.2, 0.25) is 0 Å². The van der Waals surface area contributed by atoms with Crippen LogP contribution in [0.4, 0.5) is 5.69 Å². The van der Waals surface area contributed by atoms with E-state index in [0.717, 1.165) is 23.2 Å². The van der Waals surface area contributed by atoms with Crippen molar-refractivity contribution < 1.29 is 4.74 Å². The first kappa shape index (κ1) is 10.6. The maximum absolute atomic E-state index is 10.9. The van der Waals surface area contributed by atoms with Gasteiger partial charge in [-0.2, -0.15) is 0 Å². The monoisotopic (exact) mass is 219 g/mol. The number of pyridine rings is 1. The van der Waals surface area contributed by atoms with E-state index >= 15 is 0 Å². The van der Waals surface area contributed by atoms with Crippen LogP contribution >= 0.6 is 0 Å². The Labute approximate surface area is 93.0 Å². The van der Waals surface area contributed by atoms with E-state index in [4.69, 9.17) is 4.74 Å². The number of aromatic nitrogens is 2. The molecule has 2 aromatic rings. The summed E-state index contributed by atoms with van der Waals surface area (Å²) in [5.41, 5.74) is 3.01. The molecule has 0 aromatic carbocycles. The highest BCUT2D eigenvalue weighted by Gasteiger charge is 2.17. The Morgan fingerprint density at radius 2 is 2.25 bits per heavy atom. The van der Waals surface area contributed by atoms with E-state index < -0.39 is 0 Å². The minimum atomic E-state index is 0.277. The molecule has 5 nitrogen and oxygen atoms in total. The van der Waals surface area contributed by atoms with Crippen LogP contribution in [-0.4, -0.2) is 16.7 Å². The number of hydrogen-bond acceptors (Lipinski definition) is 4. The Kier molecular flexibility index (Phi) is 2.60. The second-order valence-electron chi connectivity index (χ2n) is 3.56. The summed E-state index contributed by atoms with van der Waals surface area (Å²) < 4.78 is 6.75. The Bertz CT molecular complexity index is 546. The Morgan fingerprint density at radius 1 is 1.50 bits per heavy atom. The Morgan fingerprint density at radius 3 is 2.81 bits per heavy atom. The number of methoxy groups -OCH3 is 1. The van der Waals surface area contributed by atoms with Crippen LogP contribution in [0.2, 0.25) is 0 Å². The molecule has 2 aromatic heterocycles. The molecule has 0 aliphatic heterocycles. The molecule has 0 unspecified atom stereocenters. The molecule has 0 aliphatic carbocycles. The van der Waals surface area contributed by atoms with Gasteiger partial charge in [-0.3, -0.25) is 0 Å². The molecular formula is C11H13N3O2.